The Balaban J connectivity index is 1.65. The van der Waals surface area contributed by atoms with Crippen molar-refractivity contribution in [3.63, 3.8) is 0 Å². The van der Waals surface area contributed by atoms with Gasteiger partial charge in [0.1, 0.15) is 24.1 Å². The van der Waals surface area contributed by atoms with Gasteiger partial charge in [0, 0.05) is 30.9 Å². The van der Waals surface area contributed by atoms with Crippen molar-refractivity contribution < 1.29 is 18.3 Å². The molecule has 3 aromatic heterocycles. The zero-order valence-corrected chi connectivity index (χ0v) is 16.3. The molecule has 156 valence electrons. The lowest BCUT2D eigenvalue weighted by molar-refractivity contribution is -0.135. The van der Waals surface area contributed by atoms with Crippen molar-refractivity contribution >= 4 is 33.0 Å². The van der Waals surface area contributed by atoms with Gasteiger partial charge in [-0.1, -0.05) is 0 Å². The van der Waals surface area contributed by atoms with Crippen molar-refractivity contribution in [3.8, 4) is 17.3 Å². The number of nitrogens with zero attached hydrogens (tertiary/aromatic N) is 6. The van der Waals surface area contributed by atoms with E-state index in [0.29, 0.717) is 16.9 Å². The van der Waals surface area contributed by atoms with Gasteiger partial charge in [0.05, 0.1) is 23.7 Å². The molecule has 0 amide bonds. The number of fused-ring (bicyclic) bond motifs is 1. The number of nitrogen functional groups attached to an aromatic ring is 1. The summed E-state index contributed by atoms with van der Waals surface area (Å²) in [5, 5.41) is 23.0. The number of carboxylic acid groups (broad SMARTS) is 1. The SMILES string of the molecule is N#CCC1(n2cc(-c3ncnc4[nH]ccc34)c(N)n2)CN(S(=O)(=O)NCC(=O)O)C1. The molecule has 1 saturated heterocycles. The lowest BCUT2D eigenvalue weighted by atomic mass is 9.89. The van der Waals surface area contributed by atoms with Crippen LogP contribution >= 0.6 is 0 Å². The summed E-state index contributed by atoms with van der Waals surface area (Å²) in [6.45, 7) is -0.845. The average Bonchev–Trinajstić information content (AvgIpc) is 3.29. The summed E-state index contributed by atoms with van der Waals surface area (Å²) in [6, 6.07) is 3.86. The molecule has 0 spiro atoms. The van der Waals surface area contributed by atoms with Gasteiger partial charge in [-0.2, -0.15) is 27.8 Å². The lowest BCUT2D eigenvalue weighted by Gasteiger charge is -2.47. The maximum Gasteiger partial charge on any atom is 0.318 e. The minimum Gasteiger partial charge on any atom is -0.480 e. The van der Waals surface area contributed by atoms with E-state index in [0.717, 1.165) is 9.69 Å². The maximum atomic E-state index is 12.2. The molecule has 5 N–H and O–H groups in total. The number of aromatic nitrogens is 5. The quantitative estimate of drug-likeness (QED) is 0.372. The van der Waals surface area contributed by atoms with Crippen molar-refractivity contribution in [2.24, 2.45) is 0 Å². The molecule has 0 aliphatic carbocycles. The van der Waals surface area contributed by atoms with Gasteiger partial charge in [0.15, 0.2) is 5.82 Å². The highest BCUT2D eigenvalue weighted by Crippen LogP contribution is 2.37. The molecule has 30 heavy (non-hydrogen) atoms. The van der Waals surface area contributed by atoms with Gasteiger partial charge in [-0.05, 0) is 6.07 Å². The first-order valence-electron chi connectivity index (χ1n) is 8.73. The second-order valence-electron chi connectivity index (χ2n) is 6.88. The fraction of sp³-hybridized carbons (Fsp3) is 0.312. The number of aliphatic carboxylic acids is 1. The van der Waals surface area contributed by atoms with Crippen LogP contribution in [0, 0.1) is 11.3 Å². The molecule has 1 aliphatic rings. The molecule has 4 rings (SSSR count). The molecule has 0 radical (unpaired) electrons. The molecule has 1 aliphatic heterocycles. The number of H-pyrrole nitrogens is 1. The Morgan fingerprint density at radius 2 is 2.20 bits per heavy atom. The normalized spacial score (nSPS) is 16.2. The summed E-state index contributed by atoms with van der Waals surface area (Å²) < 4.78 is 29.0. The fourth-order valence-electron chi connectivity index (χ4n) is 3.41. The van der Waals surface area contributed by atoms with Gasteiger partial charge in [-0.15, -0.1) is 0 Å². The number of hydrogen-bond donors (Lipinski definition) is 4. The Kier molecular flexibility index (Phi) is 4.65. The molecule has 4 heterocycles. The third-order valence-electron chi connectivity index (χ3n) is 4.93. The van der Waals surface area contributed by atoms with E-state index in [2.05, 4.69) is 26.1 Å². The second kappa shape index (κ2) is 7.06. The van der Waals surface area contributed by atoms with Crippen molar-refractivity contribution in [3.05, 3.63) is 24.8 Å². The highest BCUT2D eigenvalue weighted by molar-refractivity contribution is 7.87. The number of rotatable bonds is 7. The number of nitrogens with two attached hydrogens (primary N) is 1. The molecule has 14 heteroatoms. The smallest absolute Gasteiger partial charge is 0.318 e. The largest absolute Gasteiger partial charge is 0.480 e. The van der Waals surface area contributed by atoms with Crippen LogP contribution in [0.5, 0.6) is 0 Å². The fourth-order valence-corrected chi connectivity index (χ4v) is 4.72. The van der Waals surface area contributed by atoms with Crippen LogP contribution in [0.4, 0.5) is 5.82 Å². The zero-order chi connectivity index (χ0) is 21.5. The molecule has 1 fully saturated rings. The summed E-state index contributed by atoms with van der Waals surface area (Å²) in [5.74, 6) is -1.12. The van der Waals surface area contributed by atoms with E-state index in [1.807, 2.05) is 4.72 Å². The summed E-state index contributed by atoms with van der Waals surface area (Å²) in [7, 11) is -4.00. The first kappa shape index (κ1) is 19.8. The molecule has 0 atom stereocenters. The highest BCUT2D eigenvalue weighted by atomic mass is 32.2. The van der Waals surface area contributed by atoms with E-state index < -0.39 is 28.3 Å². The molecule has 0 bridgehead atoms. The average molecular weight is 431 g/mol. The number of nitrogens with one attached hydrogen (secondary N) is 2. The molecule has 0 unspecified atom stereocenters. The van der Waals surface area contributed by atoms with Crippen LogP contribution in [0.2, 0.25) is 0 Å². The van der Waals surface area contributed by atoms with E-state index in [1.165, 1.54) is 11.0 Å². The van der Waals surface area contributed by atoms with Gasteiger partial charge in [0.25, 0.3) is 10.2 Å². The van der Waals surface area contributed by atoms with Crippen LogP contribution in [0.15, 0.2) is 24.8 Å². The summed E-state index contributed by atoms with van der Waals surface area (Å²) in [5.41, 5.74) is 6.90. The van der Waals surface area contributed by atoms with E-state index in [9.17, 15) is 18.5 Å². The number of hydrogen-bond acceptors (Lipinski definition) is 8. The maximum absolute atomic E-state index is 12.2. The summed E-state index contributed by atoms with van der Waals surface area (Å²) in [6.07, 6.45) is 4.74. The third-order valence-corrected chi connectivity index (χ3v) is 6.38. The van der Waals surface area contributed by atoms with E-state index in [-0.39, 0.29) is 25.3 Å². The number of anilines is 1. The highest BCUT2D eigenvalue weighted by Gasteiger charge is 2.50. The predicted octanol–water partition coefficient (Wildman–Crippen LogP) is -0.753. The van der Waals surface area contributed by atoms with Crippen LogP contribution < -0.4 is 10.5 Å². The molecule has 0 aromatic carbocycles. The number of carbonyl (C=O) groups is 1. The molecular weight excluding hydrogens is 414 g/mol. The Morgan fingerprint density at radius 1 is 1.43 bits per heavy atom. The number of nitriles is 1. The predicted molar refractivity (Wildman–Crippen MR) is 104 cm³/mol. The third kappa shape index (κ3) is 3.24. The summed E-state index contributed by atoms with van der Waals surface area (Å²) in [4.78, 5) is 22.1. The van der Waals surface area contributed by atoms with Gasteiger partial charge in [0.2, 0.25) is 0 Å². The van der Waals surface area contributed by atoms with E-state index >= 15 is 0 Å². The first-order chi connectivity index (χ1) is 14.3. The van der Waals surface area contributed by atoms with Crippen LogP contribution in [-0.4, -0.2) is 68.2 Å². The van der Waals surface area contributed by atoms with E-state index in [4.69, 9.17) is 10.8 Å². The van der Waals surface area contributed by atoms with Gasteiger partial charge in [-0.25, -0.2) is 9.97 Å². The Morgan fingerprint density at radius 3 is 2.90 bits per heavy atom. The minimum atomic E-state index is -4.00. The molecule has 3 aromatic rings. The number of aromatic amines is 1. The van der Waals surface area contributed by atoms with Gasteiger partial charge < -0.3 is 15.8 Å². The molecule has 13 nitrogen and oxygen atoms in total. The zero-order valence-electron chi connectivity index (χ0n) is 15.5. The standard InChI is InChI=1S/C16H17N9O4S/c17-3-2-16(7-24(8-16)30(28,29)22-5-12(26)27)25-6-11(14(18)23-25)13-10-1-4-19-15(10)21-9-20-13/h1,4,6,9,22H,2,5,7-8H2,(H2,18,23)(H,26,27)(H,19,20,21). The van der Waals surface area contributed by atoms with Crippen molar-refractivity contribution in [1.82, 2.24) is 33.8 Å². The Labute approximate surface area is 170 Å². The number of carboxylic acids is 1. The lowest BCUT2D eigenvalue weighted by Crippen LogP contribution is -2.66. The Hall–Kier alpha value is -3.54. The van der Waals surface area contributed by atoms with Crippen molar-refractivity contribution in [2.75, 3.05) is 25.4 Å². The van der Waals surface area contributed by atoms with Crippen LogP contribution in [0.25, 0.3) is 22.3 Å². The van der Waals surface area contributed by atoms with Crippen molar-refractivity contribution in [1.29, 1.82) is 5.26 Å². The topological polar surface area (TPSA) is 196 Å². The first-order valence-corrected chi connectivity index (χ1v) is 10.2. The van der Waals surface area contributed by atoms with Crippen LogP contribution in [0.3, 0.4) is 0 Å². The van der Waals surface area contributed by atoms with Gasteiger partial charge in [-0.3, -0.25) is 9.48 Å². The van der Waals surface area contributed by atoms with Gasteiger partial charge >= 0.3 is 5.97 Å². The Bertz CT molecular complexity index is 1270. The van der Waals surface area contributed by atoms with Crippen LogP contribution in [-0.2, 0) is 20.5 Å². The summed E-state index contributed by atoms with van der Waals surface area (Å²) >= 11 is 0. The van der Waals surface area contributed by atoms with Crippen molar-refractivity contribution in [2.45, 2.75) is 12.0 Å². The second-order valence-corrected chi connectivity index (χ2v) is 8.64. The molecule has 0 saturated carbocycles. The minimum absolute atomic E-state index is 0.0121. The monoisotopic (exact) mass is 431 g/mol. The van der Waals surface area contributed by atoms with E-state index in [1.54, 1.807) is 18.5 Å². The van der Waals surface area contributed by atoms with Crippen LogP contribution in [0.1, 0.15) is 6.42 Å². The molecular formula is C16H17N9O4S.